The van der Waals surface area contributed by atoms with Crippen LogP contribution in [0.3, 0.4) is 0 Å². The molecule has 5 heteroatoms. The van der Waals surface area contributed by atoms with Crippen molar-refractivity contribution >= 4 is 18.2 Å². The van der Waals surface area contributed by atoms with Gasteiger partial charge in [0, 0.05) is 12.8 Å². The normalized spacial score (nSPS) is 9.00. The summed E-state index contributed by atoms with van der Waals surface area (Å²) in [5.74, 6) is -1.21. The first-order valence-electron chi connectivity index (χ1n) is 3.59. The van der Waals surface area contributed by atoms with Crippen LogP contribution in [0.15, 0.2) is 0 Å². The number of carbonyl (C=O) groups is 3. The number of hydrogen-bond donors (Lipinski definition) is 2. The molecule has 0 saturated heterocycles. The maximum atomic E-state index is 10.7. The third-order valence-corrected chi connectivity index (χ3v) is 1.18. The van der Waals surface area contributed by atoms with E-state index in [2.05, 4.69) is 5.32 Å². The minimum absolute atomic E-state index is 0.00803. The average molecular weight is 173 g/mol. The van der Waals surface area contributed by atoms with Gasteiger partial charge in [-0.1, -0.05) is 0 Å². The molecular formula is C7H11NO4. The molecule has 0 spiro atoms. The zero-order valence-electron chi connectivity index (χ0n) is 6.58. The number of hydrogen-bond acceptors (Lipinski definition) is 3. The lowest BCUT2D eigenvalue weighted by molar-refractivity contribution is -0.137. The van der Waals surface area contributed by atoms with Crippen LogP contribution in [0.5, 0.6) is 0 Å². The summed E-state index contributed by atoms with van der Waals surface area (Å²) in [6.07, 6.45) is 1.02. The summed E-state index contributed by atoms with van der Waals surface area (Å²) in [4.78, 5) is 30.5. The Balaban J connectivity index is 3.31. The summed E-state index contributed by atoms with van der Waals surface area (Å²) in [5.41, 5.74) is 0. The summed E-state index contributed by atoms with van der Waals surface area (Å²) in [5, 5.41) is 10.5. The zero-order chi connectivity index (χ0) is 9.40. The number of nitrogens with one attached hydrogen (secondary N) is 1. The monoisotopic (exact) mass is 173 g/mol. The fraction of sp³-hybridized carbons (Fsp3) is 0.571. The molecule has 12 heavy (non-hydrogen) atoms. The van der Waals surface area contributed by atoms with Crippen molar-refractivity contribution in [3.8, 4) is 0 Å². The van der Waals surface area contributed by atoms with E-state index in [-0.39, 0.29) is 25.3 Å². The summed E-state index contributed by atoms with van der Waals surface area (Å²) in [6.45, 7) is -0.00803. The van der Waals surface area contributed by atoms with Gasteiger partial charge in [0.15, 0.2) is 0 Å². The number of amides is 1. The van der Waals surface area contributed by atoms with E-state index in [4.69, 9.17) is 5.11 Å². The molecule has 0 heterocycles. The highest BCUT2D eigenvalue weighted by molar-refractivity contribution is 5.78. The van der Waals surface area contributed by atoms with E-state index in [1.54, 1.807) is 0 Å². The van der Waals surface area contributed by atoms with E-state index >= 15 is 0 Å². The smallest absolute Gasteiger partial charge is 0.303 e. The van der Waals surface area contributed by atoms with E-state index in [9.17, 15) is 14.4 Å². The number of aldehydes is 1. The Morgan fingerprint density at radius 3 is 2.50 bits per heavy atom. The number of aliphatic carboxylic acids is 1. The lowest BCUT2D eigenvalue weighted by atomic mass is 10.2. The highest BCUT2D eigenvalue weighted by Crippen LogP contribution is 1.94. The summed E-state index contributed by atoms with van der Waals surface area (Å²) < 4.78 is 0. The first-order chi connectivity index (χ1) is 5.66. The van der Waals surface area contributed by atoms with Gasteiger partial charge in [-0.2, -0.15) is 0 Å². The molecule has 0 aromatic heterocycles. The van der Waals surface area contributed by atoms with Crippen LogP contribution in [0.2, 0.25) is 0 Å². The van der Waals surface area contributed by atoms with Gasteiger partial charge in [-0.15, -0.1) is 0 Å². The van der Waals surface area contributed by atoms with Crippen LogP contribution >= 0.6 is 0 Å². The molecule has 0 radical (unpaired) electrons. The molecular weight excluding hydrogens is 162 g/mol. The van der Waals surface area contributed by atoms with Crippen molar-refractivity contribution in [2.45, 2.75) is 19.3 Å². The third kappa shape index (κ3) is 6.73. The van der Waals surface area contributed by atoms with E-state index in [0.29, 0.717) is 12.7 Å². The molecule has 0 aliphatic carbocycles. The van der Waals surface area contributed by atoms with E-state index < -0.39 is 5.97 Å². The zero-order valence-corrected chi connectivity index (χ0v) is 6.58. The van der Waals surface area contributed by atoms with Gasteiger partial charge >= 0.3 is 5.97 Å². The van der Waals surface area contributed by atoms with Crippen LogP contribution in [0.4, 0.5) is 0 Å². The maximum absolute atomic E-state index is 10.7. The Morgan fingerprint density at radius 1 is 1.33 bits per heavy atom. The van der Waals surface area contributed by atoms with Gasteiger partial charge in [0.1, 0.15) is 6.29 Å². The van der Waals surface area contributed by atoms with Gasteiger partial charge < -0.3 is 15.2 Å². The van der Waals surface area contributed by atoms with Crippen LogP contribution in [-0.2, 0) is 14.4 Å². The van der Waals surface area contributed by atoms with Crippen LogP contribution in [-0.4, -0.2) is 29.8 Å². The molecule has 0 aliphatic heterocycles. The minimum Gasteiger partial charge on any atom is -0.481 e. The Hall–Kier alpha value is -1.39. The summed E-state index contributed by atoms with van der Waals surface area (Å²) >= 11 is 0. The van der Waals surface area contributed by atoms with Crippen molar-refractivity contribution < 1.29 is 19.5 Å². The molecule has 1 amide bonds. The van der Waals surface area contributed by atoms with Crippen LogP contribution in [0, 0.1) is 0 Å². The predicted molar refractivity (Wildman–Crippen MR) is 40.6 cm³/mol. The molecule has 0 atom stereocenters. The van der Waals surface area contributed by atoms with Gasteiger partial charge in [0.25, 0.3) is 0 Å². The molecule has 0 aliphatic rings. The lowest BCUT2D eigenvalue weighted by Crippen LogP contribution is -2.24. The number of carboxylic acid groups (broad SMARTS) is 1. The minimum atomic E-state index is -0.918. The van der Waals surface area contributed by atoms with E-state index in [0.717, 1.165) is 0 Å². The third-order valence-electron chi connectivity index (χ3n) is 1.18. The molecule has 68 valence electrons. The molecule has 0 aromatic carbocycles. The average Bonchev–Trinajstić information content (AvgIpc) is 2.00. The molecule has 0 saturated carbocycles. The van der Waals surface area contributed by atoms with Crippen LogP contribution in [0.1, 0.15) is 19.3 Å². The molecule has 0 unspecified atom stereocenters. The summed E-state index contributed by atoms with van der Waals surface area (Å²) in [7, 11) is 0. The van der Waals surface area contributed by atoms with Crippen LogP contribution in [0.25, 0.3) is 0 Å². The topological polar surface area (TPSA) is 83.5 Å². The van der Waals surface area contributed by atoms with Gasteiger partial charge in [-0.3, -0.25) is 9.59 Å². The summed E-state index contributed by atoms with van der Waals surface area (Å²) in [6, 6.07) is 0. The second-order valence-corrected chi connectivity index (χ2v) is 2.22. The Morgan fingerprint density at radius 2 is 2.00 bits per heavy atom. The molecule has 5 nitrogen and oxygen atoms in total. The van der Waals surface area contributed by atoms with Gasteiger partial charge in [-0.05, 0) is 6.42 Å². The van der Waals surface area contributed by atoms with Crippen LogP contribution < -0.4 is 5.32 Å². The fourth-order valence-corrected chi connectivity index (χ4v) is 0.644. The van der Waals surface area contributed by atoms with E-state index in [1.165, 1.54) is 0 Å². The SMILES string of the molecule is O=CCNC(=O)CCCC(=O)O. The van der Waals surface area contributed by atoms with Gasteiger partial charge in [0.2, 0.25) is 5.91 Å². The highest BCUT2D eigenvalue weighted by atomic mass is 16.4. The maximum Gasteiger partial charge on any atom is 0.303 e. The van der Waals surface area contributed by atoms with Gasteiger partial charge in [-0.25, -0.2) is 0 Å². The fourth-order valence-electron chi connectivity index (χ4n) is 0.644. The molecule has 2 N–H and O–H groups in total. The number of rotatable bonds is 6. The lowest BCUT2D eigenvalue weighted by Gasteiger charge is -1.98. The Bertz CT molecular complexity index is 178. The first-order valence-corrected chi connectivity index (χ1v) is 3.59. The van der Waals surface area contributed by atoms with Crippen molar-refractivity contribution in [1.82, 2.24) is 5.32 Å². The Labute approximate surface area is 69.8 Å². The van der Waals surface area contributed by atoms with Crippen molar-refractivity contribution in [3.05, 3.63) is 0 Å². The first kappa shape index (κ1) is 10.6. The second-order valence-electron chi connectivity index (χ2n) is 2.22. The van der Waals surface area contributed by atoms with E-state index in [1.807, 2.05) is 0 Å². The van der Waals surface area contributed by atoms with Crippen molar-refractivity contribution in [3.63, 3.8) is 0 Å². The second kappa shape index (κ2) is 6.33. The molecule has 0 bridgehead atoms. The molecule has 0 fully saturated rings. The van der Waals surface area contributed by atoms with Crippen molar-refractivity contribution in [2.24, 2.45) is 0 Å². The van der Waals surface area contributed by atoms with Gasteiger partial charge in [0.05, 0.1) is 6.54 Å². The largest absolute Gasteiger partial charge is 0.481 e. The van der Waals surface area contributed by atoms with Crippen molar-refractivity contribution in [2.75, 3.05) is 6.54 Å². The number of carboxylic acids is 1. The quantitative estimate of drug-likeness (QED) is 0.533. The van der Waals surface area contributed by atoms with Crippen molar-refractivity contribution in [1.29, 1.82) is 0 Å². The Kier molecular flexibility index (Phi) is 5.60. The standard InChI is InChI=1S/C7H11NO4/c9-5-4-8-6(10)2-1-3-7(11)12/h5H,1-4H2,(H,8,10)(H,11,12). The molecule has 0 aromatic rings. The predicted octanol–water partition coefficient (Wildman–Crippen LogP) is -0.444. The number of carbonyl (C=O) groups excluding carboxylic acids is 2. The highest BCUT2D eigenvalue weighted by Gasteiger charge is 2.01. The molecule has 0 rings (SSSR count).